The van der Waals surface area contributed by atoms with Crippen molar-refractivity contribution in [2.75, 3.05) is 19.0 Å². The SMILES string of the molecule is COCC(C)Nc1nc(C)cn1CCC1CCCC1. The second-order valence-corrected chi connectivity index (χ2v) is 5.84. The van der Waals surface area contributed by atoms with Crippen LogP contribution >= 0.6 is 0 Å². The van der Waals surface area contributed by atoms with Crippen LogP contribution in [0.25, 0.3) is 0 Å². The van der Waals surface area contributed by atoms with Crippen molar-refractivity contribution in [1.29, 1.82) is 0 Å². The van der Waals surface area contributed by atoms with E-state index in [0.717, 1.165) is 24.1 Å². The summed E-state index contributed by atoms with van der Waals surface area (Å²) in [6, 6.07) is 0.289. The minimum Gasteiger partial charge on any atom is -0.383 e. The number of rotatable bonds is 7. The van der Waals surface area contributed by atoms with Crippen LogP contribution in [0, 0.1) is 12.8 Å². The molecule has 0 radical (unpaired) electrons. The zero-order valence-corrected chi connectivity index (χ0v) is 12.5. The van der Waals surface area contributed by atoms with Crippen LogP contribution in [-0.4, -0.2) is 29.3 Å². The van der Waals surface area contributed by atoms with Crippen LogP contribution in [0.3, 0.4) is 0 Å². The second-order valence-electron chi connectivity index (χ2n) is 5.84. The average Bonchev–Trinajstić information content (AvgIpc) is 2.97. The molecule has 4 nitrogen and oxygen atoms in total. The van der Waals surface area contributed by atoms with E-state index in [-0.39, 0.29) is 6.04 Å². The fraction of sp³-hybridized carbons (Fsp3) is 0.800. The number of methoxy groups -OCH3 is 1. The van der Waals surface area contributed by atoms with E-state index >= 15 is 0 Å². The standard InChI is InChI=1S/C15H27N3O/c1-12-10-18(9-8-14-6-4-5-7-14)15(16-12)17-13(2)11-19-3/h10,13-14H,4-9,11H2,1-3H3,(H,16,17). The molecular weight excluding hydrogens is 238 g/mol. The molecule has 1 aliphatic carbocycles. The van der Waals surface area contributed by atoms with Gasteiger partial charge in [-0.1, -0.05) is 25.7 Å². The highest BCUT2D eigenvalue weighted by Crippen LogP contribution is 2.28. The molecule has 0 bridgehead atoms. The molecule has 1 aliphatic rings. The third-order valence-corrected chi connectivity index (χ3v) is 3.94. The fourth-order valence-electron chi connectivity index (χ4n) is 2.97. The van der Waals surface area contributed by atoms with Crippen LogP contribution in [0.2, 0.25) is 0 Å². The molecule has 1 aromatic heterocycles. The number of imidazole rings is 1. The van der Waals surface area contributed by atoms with E-state index < -0.39 is 0 Å². The van der Waals surface area contributed by atoms with Gasteiger partial charge in [0.1, 0.15) is 0 Å². The molecule has 0 saturated heterocycles. The summed E-state index contributed by atoms with van der Waals surface area (Å²) in [5.74, 6) is 1.91. The Morgan fingerprint density at radius 3 is 2.89 bits per heavy atom. The van der Waals surface area contributed by atoms with Crippen molar-refractivity contribution in [2.24, 2.45) is 5.92 Å². The molecule has 0 aliphatic heterocycles. The Morgan fingerprint density at radius 1 is 1.47 bits per heavy atom. The van der Waals surface area contributed by atoms with E-state index in [1.807, 2.05) is 0 Å². The van der Waals surface area contributed by atoms with Gasteiger partial charge in [-0.15, -0.1) is 0 Å². The van der Waals surface area contributed by atoms with Crippen LogP contribution in [0.1, 0.15) is 44.7 Å². The molecule has 1 aromatic rings. The first-order valence-electron chi connectivity index (χ1n) is 7.48. The largest absolute Gasteiger partial charge is 0.383 e. The van der Waals surface area contributed by atoms with Gasteiger partial charge in [0.05, 0.1) is 12.3 Å². The van der Waals surface area contributed by atoms with E-state index in [2.05, 4.69) is 34.9 Å². The monoisotopic (exact) mass is 265 g/mol. The number of nitrogens with zero attached hydrogens (tertiary/aromatic N) is 2. The van der Waals surface area contributed by atoms with E-state index in [1.54, 1.807) is 7.11 Å². The van der Waals surface area contributed by atoms with Crippen molar-refractivity contribution in [2.45, 2.75) is 58.5 Å². The molecule has 1 heterocycles. The molecule has 1 saturated carbocycles. The summed E-state index contributed by atoms with van der Waals surface area (Å²) >= 11 is 0. The zero-order valence-electron chi connectivity index (χ0n) is 12.5. The lowest BCUT2D eigenvalue weighted by Crippen LogP contribution is -2.23. The third-order valence-electron chi connectivity index (χ3n) is 3.94. The molecule has 0 aromatic carbocycles. The molecule has 1 fully saturated rings. The topological polar surface area (TPSA) is 39.1 Å². The van der Waals surface area contributed by atoms with Crippen molar-refractivity contribution >= 4 is 5.95 Å². The Labute approximate surface area is 116 Å². The molecule has 108 valence electrons. The lowest BCUT2D eigenvalue weighted by atomic mass is 10.0. The highest BCUT2D eigenvalue weighted by Gasteiger charge is 2.16. The van der Waals surface area contributed by atoms with Crippen LogP contribution < -0.4 is 5.32 Å². The van der Waals surface area contributed by atoms with Gasteiger partial charge < -0.3 is 14.6 Å². The van der Waals surface area contributed by atoms with Crippen LogP contribution in [0.4, 0.5) is 5.95 Å². The first-order chi connectivity index (χ1) is 9.19. The molecule has 4 heteroatoms. The predicted octanol–water partition coefficient (Wildman–Crippen LogP) is 3.22. The number of hydrogen-bond donors (Lipinski definition) is 1. The first-order valence-corrected chi connectivity index (χ1v) is 7.48. The predicted molar refractivity (Wildman–Crippen MR) is 78.5 cm³/mol. The molecule has 0 amide bonds. The van der Waals surface area contributed by atoms with E-state index in [0.29, 0.717) is 6.61 Å². The minimum absolute atomic E-state index is 0.289. The van der Waals surface area contributed by atoms with Gasteiger partial charge in [-0.3, -0.25) is 0 Å². The highest BCUT2D eigenvalue weighted by atomic mass is 16.5. The number of anilines is 1. The van der Waals surface area contributed by atoms with E-state index in [1.165, 1.54) is 32.1 Å². The van der Waals surface area contributed by atoms with Crippen LogP contribution in [0.5, 0.6) is 0 Å². The molecule has 1 N–H and O–H groups in total. The Balaban J connectivity index is 1.91. The summed E-state index contributed by atoms with van der Waals surface area (Å²) in [6.45, 7) is 5.95. The van der Waals surface area contributed by atoms with Gasteiger partial charge >= 0.3 is 0 Å². The summed E-state index contributed by atoms with van der Waals surface area (Å²) in [5, 5.41) is 3.43. The smallest absolute Gasteiger partial charge is 0.203 e. The summed E-state index contributed by atoms with van der Waals surface area (Å²) in [6.07, 6.45) is 9.10. The lowest BCUT2D eigenvalue weighted by molar-refractivity contribution is 0.190. The normalized spacial score (nSPS) is 17.8. The van der Waals surface area contributed by atoms with Crippen molar-refractivity contribution in [1.82, 2.24) is 9.55 Å². The maximum Gasteiger partial charge on any atom is 0.203 e. The van der Waals surface area contributed by atoms with Crippen molar-refractivity contribution in [3.05, 3.63) is 11.9 Å². The average molecular weight is 265 g/mol. The van der Waals surface area contributed by atoms with Crippen molar-refractivity contribution in [3.8, 4) is 0 Å². The lowest BCUT2D eigenvalue weighted by Gasteiger charge is -2.16. The first kappa shape index (κ1) is 14.4. The Kier molecular flexibility index (Phi) is 5.25. The number of aromatic nitrogens is 2. The van der Waals surface area contributed by atoms with Gasteiger partial charge in [-0.05, 0) is 26.2 Å². The van der Waals surface area contributed by atoms with Gasteiger partial charge in [0, 0.05) is 25.9 Å². The van der Waals surface area contributed by atoms with Crippen molar-refractivity contribution in [3.63, 3.8) is 0 Å². The van der Waals surface area contributed by atoms with Crippen LogP contribution in [-0.2, 0) is 11.3 Å². The maximum atomic E-state index is 5.16. The van der Waals surface area contributed by atoms with Gasteiger partial charge in [-0.25, -0.2) is 4.98 Å². The Hall–Kier alpha value is -1.03. The number of hydrogen-bond acceptors (Lipinski definition) is 3. The van der Waals surface area contributed by atoms with Crippen LogP contribution in [0.15, 0.2) is 6.20 Å². The molecule has 0 spiro atoms. The quantitative estimate of drug-likeness (QED) is 0.822. The number of nitrogens with one attached hydrogen (secondary N) is 1. The zero-order chi connectivity index (χ0) is 13.7. The van der Waals surface area contributed by atoms with E-state index in [9.17, 15) is 0 Å². The molecule has 2 rings (SSSR count). The molecule has 19 heavy (non-hydrogen) atoms. The Bertz CT molecular complexity index is 383. The van der Waals surface area contributed by atoms with Gasteiger partial charge in [0.15, 0.2) is 0 Å². The summed E-state index contributed by atoms with van der Waals surface area (Å²) < 4.78 is 7.43. The minimum atomic E-state index is 0.289. The molecule has 1 unspecified atom stereocenters. The molecular formula is C15H27N3O. The van der Waals surface area contributed by atoms with Crippen molar-refractivity contribution < 1.29 is 4.74 Å². The van der Waals surface area contributed by atoms with E-state index in [4.69, 9.17) is 4.74 Å². The maximum absolute atomic E-state index is 5.16. The van der Waals surface area contributed by atoms with Gasteiger partial charge in [0.2, 0.25) is 5.95 Å². The summed E-state index contributed by atoms with van der Waals surface area (Å²) in [5.41, 5.74) is 1.08. The number of ether oxygens (including phenoxy) is 1. The molecule has 1 atom stereocenters. The fourth-order valence-corrected chi connectivity index (χ4v) is 2.97. The third kappa shape index (κ3) is 4.23. The van der Waals surface area contributed by atoms with Gasteiger partial charge in [0.25, 0.3) is 0 Å². The number of aryl methyl sites for hydroxylation is 2. The highest BCUT2D eigenvalue weighted by molar-refractivity contribution is 5.30. The summed E-state index contributed by atoms with van der Waals surface area (Å²) in [4.78, 5) is 4.57. The second kappa shape index (κ2) is 6.94. The van der Waals surface area contributed by atoms with Gasteiger partial charge in [-0.2, -0.15) is 0 Å². The summed E-state index contributed by atoms with van der Waals surface area (Å²) in [7, 11) is 1.73. The Morgan fingerprint density at radius 2 is 2.21 bits per heavy atom.